The van der Waals surface area contributed by atoms with Gasteiger partial charge in [-0.3, -0.25) is 0 Å². The van der Waals surface area contributed by atoms with Crippen LogP contribution in [0.2, 0.25) is 0 Å². The van der Waals surface area contributed by atoms with Gasteiger partial charge in [0.25, 0.3) is 0 Å². The lowest BCUT2D eigenvalue weighted by molar-refractivity contribution is -0.0136. The highest BCUT2D eigenvalue weighted by Gasteiger charge is 2.34. The molecule has 0 aliphatic carbocycles. The molecule has 0 bridgehead atoms. The van der Waals surface area contributed by atoms with E-state index in [-0.39, 0.29) is 17.6 Å². The number of hydrogen-bond acceptors (Lipinski definition) is 4. The fourth-order valence-electron chi connectivity index (χ4n) is 2.33. The van der Waals surface area contributed by atoms with Crippen molar-refractivity contribution in [2.24, 2.45) is 5.41 Å². The summed E-state index contributed by atoms with van der Waals surface area (Å²) in [6.07, 6.45) is 1.90. The molecule has 0 fully saturated rings. The maximum absolute atomic E-state index is 5.72. The second-order valence-electron chi connectivity index (χ2n) is 5.53. The predicted octanol–water partition coefficient (Wildman–Crippen LogP) is 2.01. The van der Waals surface area contributed by atoms with Crippen LogP contribution >= 0.6 is 0 Å². The molecule has 1 rings (SSSR count). The third-order valence-corrected chi connectivity index (χ3v) is 3.10. The first-order valence-corrected chi connectivity index (χ1v) is 6.60. The first-order chi connectivity index (χ1) is 8.45. The lowest BCUT2D eigenvalue weighted by Gasteiger charge is -2.36. The summed E-state index contributed by atoms with van der Waals surface area (Å²) in [5, 5.41) is 11.6. The molecule has 0 saturated carbocycles. The molecular formula is C13H26N4O. The van der Waals surface area contributed by atoms with Crippen molar-refractivity contribution in [2.45, 2.75) is 53.3 Å². The Morgan fingerprint density at radius 3 is 2.50 bits per heavy atom. The van der Waals surface area contributed by atoms with Gasteiger partial charge in [-0.15, -0.1) is 5.10 Å². The Labute approximate surface area is 110 Å². The van der Waals surface area contributed by atoms with Crippen molar-refractivity contribution in [2.75, 3.05) is 13.7 Å². The van der Waals surface area contributed by atoms with Gasteiger partial charge in [-0.2, -0.15) is 0 Å². The third-order valence-electron chi connectivity index (χ3n) is 3.10. The van der Waals surface area contributed by atoms with E-state index in [1.165, 1.54) is 0 Å². The van der Waals surface area contributed by atoms with Crippen LogP contribution in [-0.2, 0) is 11.3 Å². The molecule has 0 aliphatic heterocycles. The van der Waals surface area contributed by atoms with Crippen molar-refractivity contribution >= 4 is 0 Å². The van der Waals surface area contributed by atoms with Gasteiger partial charge in [-0.1, -0.05) is 32.9 Å². The van der Waals surface area contributed by atoms with E-state index in [1.54, 1.807) is 7.11 Å². The number of aromatic nitrogens is 3. The zero-order valence-corrected chi connectivity index (χ0v) is 12.4. The Morgan fingerprint density at radius 1 is 1.39 bits per heavy atom. The highest BCUT2D eigenvalue weighted by atomic mass is 16.5. The fraction of sp³-hybridized carbons (Fsp3) is 0.846. The summed E-state index contributed by atoms with van der Waals surface area (Å²) in [6, 6.07) is 0.106. The lowest BCUT2D eigenvalue weighted by Crippen LogP contribution is -2.42. The summed E-state index contributed by atoms with van der Waals surface area (Å²) >= 11 is 0. The quantitative estimate of drug-likeness (QED) is 0.843. The minimum atomic E-state index is 0.0461. The average Bonchev–Trinajstić information content (AvgIpc) is 2.74. The Balaban J connectivity index is 3.08. The molecule has 1 aromatic heterocycles. The smallest absolute Gasteiger partial charge is 0.0829 e. The van der Waals surface area contributed by atoms with Crippen molar-refractivity contribution in [3.05, 3.63) is 11.9 Å². The van der Waals surface area contributed by atoms with Gasteiger partial charge >= 0.3 is 0 Å². The molecule has 5 nitrogen and oxygen atoms in total. The predicted molar refractivity (Wildman–Crippen MR) is 72.4 cm³/mol. The van der Waals surface area contributed by atoms with Crippen LogP contribution in [0.1, 0.15) is 46.4 Å². The van der Waals surface area contributed by atoms with E-state index >= 15 is 0 Å². The van der Waals surface area contributed by atoms with Crippen LogP contribution in [0, 0.1) is 5.41 Å². The summed E-state index contributed by atoms with van der Waals surface area (Å²) in [6.45, 7) is 12.4. The number of nitrogens with one attached hydrogen (secondary N) is 1. The van der Waals surface area contributed by atoms with Gasteiger partial charge in [0.1, 0.15) is 0 Å². The van der Waals surface area contributed by atoms with E-state index in [0.29, 0.717) is 0 Å². The lowest BCUT2D eigenvalue weighted by atomic mass is 9.83. The van der Waals surface area contributed by atoms with Crippen LogP contribution in [0.25, 0.3) is 0 Å². The summed E-state index contributed by atoms with van der Waals surface area (Å²) in [4.78, 5) is 0. The largest absolute Gasteiger partial charge is 0.379 e. The molecule has 0 spiro atoms. The molecule has 18 heavy (non-hydrogen) atoms. The second kappa shape index (κ2) is 6.29. The van der Waals surface area contributed by atoms with Crippen LogP contribution in [0.4, 0.5) is 0 Å². The minimum Gasteiger partial charge on any atom is -0.379 e. The molecule has 0 aliphatic rings. The van der Waals surface area contributed by atoms with Gasteiger partial charge in [0.15, 0.2) is 0 Å². The van der Waals surface area contributed by atoms with Gasteiger partial charge in [-0.25, -0.2) is 4.68 Å². The first-order valence-electron chi connectivity index (χ1n) is 6.60. The summed E-state index contributed by atoms with van der Waals surface area (Å²) < 4.78 is 7.64. The molecule has 2 unspecified atom stereocenters. The first kappa shape index (κ1) is 15.1. The molecule has 5 heteroatoms. The Kier molecular flexibility index (Phi) is 5.28. The van der Waals surface area contributed by atoms with Crippen molar-refractivity contribution in [1.82, 2.24) is 20.3 Å². The zero-order valence-electron chi connectivity index (χ0n) is 12.4. The van der Waals surface area contributed by atoms with E-state index in [1.807, 2.05) is 10.9 Å². The number of rotatable bonds is 6. The van der Waals surface area contributed by atoms with Crippen LogP contribution in [0.15, 0.2) is 6.20 Å². The molecule has 0 radical (unpaired) electrons. The molecule has 1 N–H and O–H groups in total. The number of nitrogens with zero attached hydrogens (tertiary/aromatic N) is 3. The highest BCUT2D eigenvalue weighted by Crippen LogP contribution is 2.32. The van der Waals surface area contributed by atoms with E-state index < -0.39 is 0 Å². The SMILES string of the molecule is CCNC(c1cnnn1CC)C(OC)C(C)(C)C. The monoisotopic (exact) mass is 254 g/mol. The number of aryl methyl sites for hydroxylation is 1. The maximum Gasteiger partial charge on any atom is 0.0829 e. The van der Waals surface area contributed by atoms with Gasteiger partial charge in [0.2, 0.25) is 0 Å². The normalized spacial score (nSPS) is 15.7. The molecule has 2 atom stereocenters. The van der Waals surface area contributed by atoms with Crippen molar-refractivity contribution in [3.8, 4) is 0 Å². The van der Waals surface area contributed by atoms with Gasteiger partial charge in [-0.05, 0) is 18.9 Å². The highest BCUT2D eigenvalue weighted by molar-refractivity contribution is 5.07. The molecule has 1 aromatic rings. The van der Waals surface area contributed by atoms with Crippen molar-refractivity contribution in [1.29, 1.82) is 0 Å². The molecule has 1 heterocycles. The molecule has 0 amide bonds. The minimum absolute atomic E-state index is 0.0461. The maximum atomic E-state index is 5.72. The summed E-state index contributed by atoms with van der Waals surface area (Å²) in [5.41, 5.74) is 1.13. The van der Waals surface area contributed by atoms with E-state index in [2.05, 4.69) is 50.2 Å². The van der Waals surface area contributed by atoms with Crippen molar-refractivity contribution in [3.63, 3.8) is 0 Å². The van der Waals surface area contributed by atoms with Crippen LogP contribution in [0.5, 0.6) is 0 Å². The second-order valence-corrected chi connectivity index (χ2v) is 5.53. The van der Waals surface area contributed by atoms with Crippen LogP contribution in [-0.4, -0.2) is 34.8 Å². The third kappa shape index (κ3) is 3.29. The molecule has 0 aromatic carbocycles. The zero-order chi connectivity index (χ0) is 13.8. The van der Waals surface area contributed by atoms with Crippen LogP contribution < -0.4 is 5.32 Å². The Bertz CT molecular complexity index is 356. The summed E-state index contributed by atoms with van der Waals surface area (Å²) in [7, 11) is 1.76. The molecular weight excluding hydrogens is 228 g/mol. The van der Waals surface area contributed by atoms with E-state index in [4.69, 9.17) is 4.74 Å². The number of likely N-dealkylation sites (N-methyl/N-ethyl adjacent to an activating group) is 1. The fourth-order valence-corrected chi connectivity index (χ4v) is 2.33. The van der Waals surface area contributed by atoms with E-state index in [0.717, 1.165) is 18.8 Å². The molecule has 104 valence electrons. The van der Waals surface area contributed by atoms with Gasteiger partial charge < -0.3 is 10.1 Å². The number of ether oxygens (including phenoxy) is 1. The van der Waals surface area contributed by atoms with Gasteiger partial charge in [0, 0.05) is 13.7 Å². The summed E-state index contributed by atoms with van der Waals surface area (Å²) in [5.74, 6) is 0. The average molecular weight is 254 g/mol. The van der Waals surface area contributed by atoms with E-state index in [9.17, 15) is 0 Å². The van der Waals surface area contributed by atoms with Gasteiger partial charge in [0.05, 0.1) is 24.0 Å². The number of hydrogen-bond donors (Lipinski definition) is 1. The topological polar surface area (TPSA) is 52.0 Å². The Morgan fingerprint density at radius 2 is 2.06 bits per heavy atom. The Hall–Kier alpha value is -0.940. The standard InChI is InChI=1S/C13H26N4O/c1-7-14-11(12(18-6)13(3,4)5)10-9-15-16-17(10)8-2/h9,11-12,14H,7-8H2,1-6H3. The van der Waals surface area contributed by atoms with Crippen molar-refractivity contribution < 1.29 is 4.74 Å². The van der Waals surface area contributed by atoms with Crippen LogP contribution in [0.3, 0.4) is 0 Å². The molecule has 0 saturated heterocycles. The number of methoxy groups -OCH3 is 1.